The number of hydrogen-bond donors (Lipinski definition) is 1. The average molecular weight is 363 g/mol. The smallest absolute Gasteiger partial charge is 0.343 e. The van der Waals surface area contributed by atoms with Crippen LogP contribution in [0.1, 0.15) is 25.0 Å². The van der Waals surface area contributed by atoms with E-state index in [9.17, 15) is 9.90 Å². The van der Waals surface area contributed by atoms with Crippen LogP contribution in [-0.4, -0.2) is 23.4 Å². The Morgan fingerprint density at radius 2 is 1.81 bits per heavy atom. The summed E-state index contributed by atoms with van der Waals surface area (Å²) in [7, 11) is 0. The first-order chi connectivity index (χ1) is 13.1. The molecule has 2 aromatic rings. The highest BCUT2D eigenvalue weighted by atomic mass is 16.5. The van der Waals surface area contributed by atoms with Gasteiger partial charge in [0.15, 0.2) is 5.76 Å². The summed E-state index contributed by atoms with van der Waals surface area (Å²) in [5, 5.41) is 10.3. The molecule has 0 unspecified atom stereocenters. The molecule has 5 nitrogen and oxygen atoms in total. The van der Waals surface area contributed by atoms with Crippen LogP contribution in [0, 0.1) is 0 Å². The van der Waals surface area contributed by atoms with Crippen LogP contribution in [0.4, 0.5) is 0 Å². The van der Waals surface area contributed by atoms with Crippen molar-refractivity contribution in [2.75, 3.05) is 6.61 Å². The highest BCUT2D eigenvalue weighted by Crippen LogP contribution is 2.27. The molecule has 0 aromatic heterocycles. The van der Waals surface area contributed by atoms with Gasteiger partial charge in [0.25, 0.3) is 0 Å². The molecule has 1 heterocycles. The first-order valence-electron chi connectivity index (χ1n) is 8.73. The number of nitrogens with zero attached hydrogens (tertiary/aromatic N) is 1. The van der Waals surface area contributed by atoms with Gasteiger partial charge in [0.2, 0.25) is 0 Å². The molecule has 0 spiro atoms. The third kappa shape index (κ3) is 4.44. The Labute approximate surface area is 158 Å². The number of carbonyl (C=O) groups is 1. The molecule has 138 valence electrons. The van der Waals surface area contributed by atoms with Gasteiger partial charge in [-0.15, -0.1) is 0 Å². The largest absolute Gasteiger partial charge is 0.505 e. The van der Waals surface area contributed by atoms with E-state index >= 15 is 0 Å². The Kier molecular flexibility index (Phi) is 5.71. The molecule has 2 aromatic carbocycles. The summed E-state index contributed by atoms with van der Waals surface area (Å²) in [5.74, 6) is 0.0266. The third-order valence-corrected chi connectivity index (χ3v) is 4.04. The molecule has 0 saturated heterocycles. The highest BCUT2D eigenvalue weighted by Gasteiger charge is 2.27. The fourth-order valence-corrected chi connectivity index (χ4v) is 2.70. The van der Waals surface area contributed by atoms with Gasteiger partial charge in [-0.25, -0.2) is 9.79 Å². The summed E-state index contributed by atoms with van der Waals surface area (Å²) < 4.78 is 10.7. The quantitative estimate of drug-likeness (QED) is 0.770. The molecule has 1 aliphatic heterocycles. The zero-order valence-corrected chi connectivity index (χ0v) is 15.3. The summed E-state index contributed by atoms with van der Waals surface area (Å²) in [6.45, 7) is 4.13. The van der Waals surface area contributed by atoms with E-state index in [4.69, 9.17) is 9.47 Å². The number of esters is 1. The Morgan fingerprint density at radius 1 is 1.11 bits per heavy atom. The van der Waals surface area contributed by atoms with Crippen molar-refractivity contribution in [2.24, 2.45) is 4.99 Å². The Hall–Kier alpha value is -3.34. The maximum atomic E-state index is 11.9. The zero-order valence-electron chi connectivity index (χ0n) is 15.3. The van der Waals surface area contributed by atoms with E-state index in [-0.39, 0.29) is 17.9 Å². The number of ether oxygens (including phenoxy) is 2. The molecular weight excluding hydrogens is 342 g/mol. The van der Waals surface area contributed by atoms with Gasteiger partial charge in [-0.2, -0.15) is 0 Å². The van der Waals surface area contributed by atoms with Gasteiger partial charge >= 0.3 is 5.97 Å². The van der Waals surface area contributed by atoms with Crippen molar-refractivity contribution in [3.63, 3.8) is 0 Å². The lowest BCUT2D eigenvalue weighted by molar-refractivity contribution is -0.138. The monoisotopic (exact) mass is 363 g/mol. The van der Waals surface area contributed by atoms with Gasteiger partial charge < -0.3 is 14.6 Å². The van der Waals surface area contributed by atoms with Crippen LogP contribution in [0.2, 0.25) is 0 Å². The van der Waals surface area contributed by atoms with Crippen LogP contribution >= 0.6 is 0 Å². The fourth-order valence-electron chi connectivity index (χ4n) is 2.70. The van der Waals surface area contributed by atoms with Gasteiger partial charge in [-0.05, 0) is 43.2 Å². The molecule has 1 N–H and O–H groups in total. The number of aliphatic hydroxyl groups excluding tert-OH is 1. The van der Waals surface area contributed by atoms with Crippen molar-refractivity contribution in [1.82, 2.24) is 0 Å². The Bertz CT molecular complexity index is 909. The van der Waals surface area contributed by atoms with E-state index in [0.29, 0.717) is 18.0 Å². The number of benzene rings is 2. The van der Waals surface area contributed by atoms with Crippen LogP contribution in [0.3, 0.4) is 0 Å². The van der Waals surface area contributed by atoms with Crippen LogP contribution in [0.25, 0.3) is 6.08 Å². The molecule has 0 bridgehead atoms. The molecular formula is C22H21NO4. The topological polar surface area (TPSA) is 68.1 Å². The van der Waals surface area contributed by atoms with Crippen molar-refractivity contribution in [1.29, 1.82) is 0 Å². The Balaban J connectivity index is 1.71. The average Bonchev–Trinajstić information content (AvgIpc) is 2.95. The van der Waals surface area contributed by atoms with Crippen molar-refractivity contribution in [3.8, 4) is 5.75 Å². The molecule has 0 atom stereocenters. The van der Waals surface area contributed by atoms with E-state index in [0.717, 1.165) is 16.9 Å². The van der Waals surface area contributed by atoms with E-state index in [2.05, 4.69) is 4.99 Å². The second-order valence-corrected chi connectivity index (χ2v) is 6.01. The van der Waals surface area contributed by atoms with Crippen LogP contribution < -0.4 is 4.74 Å². The predicted octanol–water partition coefficient (Wildman–Crippen LogP) is 4.46. The van der Waals surface area contributed by atoms with Gasteiger partial charge in [0.1, 0.15) is 23.6 Å². The van der Waals surface area contributed by atoms with E-state index < -0.39 is 5.97 Å². The second-order valence-electron chi connectivity index (χ2n) is 6.01. The highest BCUT2D eigenvalue weighted by molar-refractivity contribution is 6.22. The predicted molar refractivity (Wildman–Crippen MR) is 105 cm³/mol. The summed E-state index contributed by atoms with van der Waals surface area (Å²) >= 11 is 0. The Morgan fingerprint density at radius 3 is 2.48 bits per heavy atom. The fraction of sp³-hybridized carbons (Fsp3) is 0.182. The molecule has 1 aliphatic rings. The van der Waals surface area contributed by atoms with Gasteiger partial charge in [0.05, 0.1) is 12.3 Å². The number of carbonyl (C=O) groups excluding carboxylic acids is 1. The van der Waals surface area contributed by atoms with E-state index in [1.54, 1.807) is 19.9 Å². The van der Waals surface area contributed by atoms with Gasteiger partial charge in [-0.3, -0.25) is 0 Å². The number of aliphatic imine (C=N–C) groups is 1. The van der Waals surface area contributed by atoms with Gasteiger partial charge in [-0.1, -0.05) is 42.5 Å². The van der Waals surface area contributed by atoms with Crippen LogP contribution in [-0.2, 0) is 16.1 Å². The first-order valence-corrected chi connectivity index (χ1v) is 8.73. The minimum Gasteiger partial charge on any atom is -0.505 e. The normalized spacial score (nSPS) is 15.0. The van der Waals surface area contributed by atoms with Gasteiger partial charge in [0, 0.05) is 0 Å². The first kappa shape index (κ1) is 18.5. The summed E-state index contributed by atoms with van der Waals surface area (Å²) in [6.07, 6.45) is 1.71. The lowest BCUT2D eigenvalue weighted by Gasteiger charge is -2.06. The zero-order chi connectivity index (χ0) is 19.2. The van der Waals surface area contributed by atoms with Crippen molar-refractivity contribution < 1.29 is 19.4 Å². The molecule has 0 radical (unpaired) electrons. The number of hydrogen-bond acceptors (Lipinski definition) is 5. The van der Waals surface area contributed by atoms with E-state index in [1.165, 1.54) is 0 Å². The number of aliphatic hydroxyl groups is 1. The van der Waals surface area contributed by atoms with Crippen molar-refractivity contribution in [2.45, 2.75) is 20.5 Å². The molecule has 0 aliphatic carbocycles. The van der Waals surface area contributed by atoms with Crippen LogP contribution in [0.15, 0.2) is 76.6 Å². The second kappa shape index (κ2) is 8.36. The maximum Gasteiger partial charge on any atom is 0.343 e. The SMILES string of the molecule is CCOC(=O)C1=C(O)C(=Cc2ccc(OCc3ccccc3)cc2)N=C1C. The van der Waals surface area contributed by atoms with E-state index in [1.807, 2.05) is 54.6 Å². The lowest BCUT2D eigenvalue weighted by atomic mass is 10.1. The standard InChI is InChI=1S/C22H21NO4/c1-3-26-22(25)20-15(2)23-19(21(20)24)13-16-9-11-18(12-10-16)27-14-17-7-5-4-6-8-17/h4-13,24H,3,14H2,1-2H3. The summed E-state index contributed by atoms with van der Waals surface area (Å²) in [6, 6.07) is 17.4. The minimum absolute atomic E-state index is 0.117. The molecule has 0 amide bonds. The number of rotatable bonds is 6. The van der Waals surface area contributed by atoms with Crippen LogP contribution in [0.5, 0.6) is 5.75 Å². The third-order valence-electron chi connectivity index (χ3n) is 4.04. The molecule has 0 fully saturated rings. The molecule has 27 heavy (non-hydrogen) atoms. The molecule has 3 rings (SSSR count). The maximum absolute atomic E-state index is 11.9. The molecule has 5 heteroatoms. The summed E-state index contributed by atoms with van der Waals surface area (Å²) in [4.78, 5) is 16.2. The van der Waals surface area contributed by atoms with Crippen molar-refractivity contribution >= 4 is 17.8 Å². The van der Waals surface area contributed by atoms with Crippen molar-refractivity contribution in [3.05, 3.63) is 82.8 Å². The summed E-state index contributed by atoms with van der Waals surface area (Å²) in [5.41, 5.74) is 2.84. The lowest BCUT2D eigenvalue weighted by Crippen LogP contribution is -2.13. The molecule has 0 saturated carbocycles. The minimum atomic E-state index is -0.565.